The number of alkyl halides is 3. The molecular formula is C21H17F3N2O2. The minimum atomic E-state index is -4.48. The van der Waals surface area contributed by atoms with Crippen molar-refractivity contribution in [3.63, 3.8) is 0 Å². The molecule has 1 aromatic heterocycles. The lowest BCUT2D eigenvalue weighted by Gasteiger charge is -2.18. The summed E-state index contributed by atoms with van der Waals surface area (Å²) in [5.41, 5.74) is 0.0138. The van der Waals surface area contributed by atoms with E-state index in [0.717, 1.165) is 23.0 Å². The van der Waals surface area contributed by atoms with Crippen molar-refractivity contribution in [2.24, 2.45) is 0 Å². The molecule has 0 radical (unpaired) electrons. The molecule has 1 atom stereocenters. The molecule has 0 N–H and O–H groups in total. The molecule has 0 saturated carbocycles. The van der Waals surface area contributed by atoms with Crippen molar-refractivity contribution in [3.05, 3.63) is 71.8 Å². The fraction of sp³-hybridized carbons (Fsp3) is 0.238. The van der Waals surface area contributed by atoms with Crippen molar-refractivity contribution < 1.29 is 22.7 Å². The van der Waals surface area contributed by atoms with Crippen molar-refractivity contribution in [3.8, 4) is 5.88 Å². The Morgan fingerprint density at radius 1 is 1.07 bits per heavy atom. The van der Waals surface area contributed by atoms with Crippen molar-refractivity contribution in [1.82, 2.24) is 9.88 Å². The maximum Gasteiger partial charge on any atom is 0.416 e. The van der Waals surface area contributed by atoms with Crippen LogP contribution in [0.5, 0.6) is 5.88 Å². The molecular weight excluding hydrogens is 369 g/mol. The summed E-state index contributed by atoms with van der Waals surface area (Å²) >= 11 is 0. The van der Waals surface area contributed by atoms with Crippen molar-refractivity contribution >= 4 is 16.8 Å². The minimum Gasteiger partial charge on any atom is -0.472 e. The van der Waals surface area contributed by atoms with E-state index in [1.54, 1.807) is 6.07 Å². The average molecular weight is 386 g/mol. The number of hydrogen-bond donors (Lipinski definition) is 0. The number of nitrogens with zero attached hydrogens (tertiary/aromatic N) is 2. The molecule has 4 rings (SSSR count). The lowest BCUT2D eigenvalue weighted by Crippen LogP contribution is -2.31. The van der Waals surface area contributed by atoms with Crippen LogP contribution in [-0.2, 0) is 6.18 Å². The van der Waals surface area contributed by atoms with Gasteiger partial charge >= 0.3 is 6.18 Å². The zero-order valence-electron chi connectivity index (χ0n) is 14.8. The smallest absolute Gasteiger partial charge is 0.416 e. The fourth-order valence-electron chi connectivity index (χ4n) is 3.30. The second-order valence-corrected chi connectivity index (χ2v) is 6.70. The van der Waals surface area contributed by atoms with E-state index in [9.17, 15) is 18.0 Å². The highest BCUT2D eigenvalue weighted by atomic mass is 19.4. The average Bonchev–Trinajstić information content (AvgIpc) is 3.15. The standard InChI is InChI=1S/C21H17F3N2O2/c22-21(23,24)16-6-3-5-15(12-16)20(27)26-11-10-17(13-26)28-19-9-8-14-4-1-2-7-18(14)25-19/h1-9,12,17H,10-11,13H2. The van der Waals surface area contributed by atoms with Gasteiger partial charge in [-0.1, -0.05) is 24.3 Å². The SMILES string of the molecule is O=C(c1cccc(C(F)(F)F)c1)N1CCC(Oc2ccc3ccccc3n2)C1. The zero-order valence-corrected chi connectivity index (χ0v) is 14.8. The van der Waals surface area contributed by atoms with Gasteiger partial charge in [-0.05, 0) is 30.3 Å². The summed E-state index contributed by atoms with van der Waals surface area (Å²) in [6.07, 6.45) is -4.13. The van der Waals surface area contributed by atoms with Crippen LogP contribution in [0.4, 0.5) is 13.2 Å². The van der Waals surface area contributed by atoms with E-state index in [2.05, 4.69) is 4.98 Å². The van der Waals surface area contributed by atoms with Crippen molar-refractivity contribution in [1.29, 1.82) is 0 Å². The predicted octanol–water partition coefficient (Wildman–Crippen LogP) is 4.55. The molecule has 0 spiro atoms. The Balaban J connectivity index is 1.44. The van der Waals surface area contributed by atoms with Gasteiger partial charge < -0.3 is 9.64 Å². The number of rotatable bonds is 3. The lowest BCUT2D eigenvalue weighted by molar-refractivity contribution is -0.137. The summed E-state index contributed by atoms with van der Waals surface area (Å²) in [6, 6.07) is 15.9. The van der Waals surface area contributed by atoms with E-state index in [1.165, 1.54) is 17.0 Å². The number of ether oxygens (including phenoxy) is 1. The minimum absolute atomic E-state index is 0.0271. The first kappa shape index (κ1) is 18.3. The largest absolute Gasteiger partial charge is 0.472 e. The first-order chi connectivity index (χ1) is 13.4. The molecule has 7 heteroatoms. The molecule has 1 fully saturated rings. The summed E-state index contributed by atoms with van der Waals surface area (Å²) in [4.78, 5) is 18.6. The predicted molar refractivity (Wildman–Crippen MR) is 98.1 cm³/mol. The lowest BCUT2D eigenvalue weighted by atomic mass is 10.1. The van der Waals surface area contributed by atoms with Crippen LogP contribution in [-0.4, -0.2) is 35.0 Å². The Morgan fingerprint density at radius 2 is 1.89 bits per heavy atom. The number of carbonyl (C=O) groups is 1. The molecule has 1 aliphatic rings. The molecule has 0 bridgehead atoms. The highest BCUT2D eigenvalue weighted by Crippen LogP contribution is 2.30. The molecule has 1 amide bonds. The second kappa shape index (κ2) is 7.14. The maximum atomic E-state index is 12.9. The van der Waals surface area contributed by atoms with E-state index in [0.29, 0.717) is 25.4 Å². The normalized spacial score (nSPS) is 17.1. The Morgan fingerprint density at radius 3 is 2.71 bits per heavy atom. The van der Waals surface area contributed by atoms with Gasteiger partial charge in [0.1, 0.15) is 6.10 Å². The first-order valence-electron chi connectivity index (χ1n) is 8.89. The van der Waals surface area contributed by atoms with Crippen LogP contribution in [0.2, 0.25) is 0 Å². The van der Waals surface area contributed by atoms with E-state index in [1.807, 2.05) is 30.3 Å². The molecule has 144 valence electrons. The van der Waals surface area contributed by atoms with E-state index < -0.39 is 17.6 Å². The maximum absolute atomic E-state index is 12.9. The topological polar surface area (TPSA) is 42.4 Å². The summed E-state index contributed by atoms with van der Waals surface area (Å²) < 4.78 is 44.5. The molecule has 3 aromatic rings. The Kier molecular flexibility index (Phi) is 4.66. The van der Waals surface area contributed by atoms with Crippen LogP contribution < -0.4 is 4.74 Å². The molecule has 2 aromatic carbocycles. The third-order valence-electron chi connectivity index (χ3n) is 4.73. The number of aromatic nitrogens is 1. The van der Waals surface area contributed by atoms with E-state index in [4.69, 9.17) is 4.74 Å². The summed E-state index contributed by atoms with van der Waals surface area (Å²) in [5.74, 6) is 0.0424. The quantitative estimate of drug-likeness (QED) is 0.663. The van der Waals surface area contributed by atoms with Gasteiger partial charge in [-0.3, -0.25) is 4.79 Å². The molecule has 28 heavy (non-hydrogen) atoms. The molecule has 1 aliphatic heterocycles. The van der Waals surface area contributed by atoms with Crippen LogP contribution in [0.1, 0.15) is 22.3 Å². The van der Waals surface area contributed by atoms with Crippen LogP contribution in [0.25, 0.3) is 10.9 Å². The number of amides is 1. The van der Waals surface area contributed by atoms with Gasteiger partial charge in [0.05, 0.1) is 17.6 Å². The summed E-state index contributed by atoms with van der Waals surface area (Å²) in [7, 11) is 0. The first-order valence-corrected chi connectivity index (χ1v) is 8.89. The monoisotopic (exact) mass is 386 g/mol. The van der Waals surface area contributed by atoms with Crippen LogP contribution >= 0.6 is 0 Å². The van der Waals surface area contributed by atoms with E-state index in [-0.39, 0.29) is 11.7 Å². The fourth-order valence-corrected chi connectivity index (χ4v) is 3.30. The molecule has 1 unspecified atom stereocenters. The second-order valence-electron chi connectivity index (χ2n) is 6.70. The van der Waals surface area contributed by atoms with Gasteiger partial charge in [-0.2, -0.15) is 13.2 Å². The molecule has 2 heterocycles. The Hall–Kier alpha value is -3.09. The van der Waals surface area contributed by atoms with Crippen LogP contribution in [0, 0.1) is 0 Å². The number of benzene rings is 2. The third-order valence-corrected chi connectivity index (χ3v) is 4.73. The number of para-hydroxylation sites is 1. The third kappa shape index (κ3) is 3.78. The van der Waals surface area contributed by atoms with Gasteiger partial charge in [0.25, 0.3) is 5.91 Å². The highest BCUT2D eigenvalue weighted by molar-refractivity contribution is 5.94. The number of halogens is 3. The van der Waals surface area contributed by atoms with Crippen LogP contribution in [0.15, 0.2) is 60.7 Å². The highest BCUT2D eigenvalue weighted by Gasteiger charge is 2.33. The van der Waals surface area contributed by atoms with Crippen molar-refractivity contribution in [2.45, 2.75) is 18.7 Å². The van der Waals surface area contributed by atoms with Gasteiger partial charge in [-0.25, -0.2) is 4.98 Å². The summed E-state index contributed by atoms with van der Waals surface area (Å²) in [5, 5.41) is 1.00. The number of hydrogen-bond acceptors (Lipinski definition) is 3. The number of fused-ring (bicyclic) bond motifs is 1. The van der Waals surface area contributed by atoms with Gasteiger partial charge in [0.15, 0.2) is 0 Å². The molecule has 4 nitrogen and oxygen atoms in total. The Bertz CT molecular complexity index is 1020. The van der Waals surface area contributed by atoms with Gasteiger partial charge in [0, 0.05) is 30.0 Å². The zero-order chi connectivity index (χ0) is 19.7. The summed E-state index contributed by atoms with van der Waals surface area (Å²) in [6.45, 7) is 0.733. The van der Waals surface area contributed by atoms with Gasteiger partial charge in [0.2, 0.25) is 5.88 Å². The Labute approximate surface area is 159 Å². The van der Waals surface area contributed by atoms with Crippen LogP contribution in [0.3, 0.4) is 0 Å². The number of pyridine rings is 1. The molecule has 1 saturated heterocycles. The van der Waals surface area contributed by atoms with Crippen molar-refractivity contribution in [2.75, 3.05) is 13.1 Å². The number of carbonyl (C=O) groups excluding carboxylic acids is 1. The van der Waals surface area contributed by atoms with Gasteiger partial charge in [-0.15, -0.1) is 0 Å². The number of likely N-dealkylation sites (tertiary alicyclic amines) is 1. The molecule has 0 aliphatic carbocycles. The van der Waals surface area contributed by atoms with E-state index >= 15 is 0 Å².